The number of ether oxygens (including phenoxy) is 1. The monoisotopic (exact) mass is 319 g/mol. The highest BCUT2D eigenvalue weighted by Crippen LogP contribution is 2.37. The highest BCUT2D eigenvalue weighted by atomic mass is 32.2. The van der Waals surface area contributed by atoms with Crippen LogP contribution in [0.2, 0.25) is 0 Å². The summed E-state index contributed by atoms with van der Waals surface area (Å²) in [6.45, 7) is 0.317. The Morgan fingerprint density at radius 1 is 1.24 bits per heavy atom. The van der Waals surface area contributed by atoms with Gasteiger partial charge in [-0.2, -0.15) is 4.31 Å². The minimum atomic E-state index is -3.52. The van der Waals surface area contributed by atoms with Gasteiger partial charge in [-0.3, -0.25) is 4.79 Å². The van der Waals surface area contributed by atoms with Crippen molar-refractivity contribution >= 4 is 16.0 Å². The van der Waals surface area contributed by atoms with Crippen LogP contribution in [0.25, 0.3) is 0 Å². The van der Waals surface area contributed by atoms with Gasteiger partial charge in [0.25, 0.3) is 0 Å². The molecule has 1 N–H and O–H groups in total. The lowest BCUT2D eigenvalue weighted by Crippen LogP contribution is -2.50. The lowest BCUT2D eigenvalue weighted by atomic mass is 9.93. The Bertz CT molecular complexity index is 460. The van der Waals surface area contributed by atoms with E-state index in [2.05, 4.69) is 0 Å². The summed E-state index contributed by atoms with van der Waals surface area (Å²) in [6, 6.07) is 0.0421. The third kappa shape index (κ3) is 3.40. The first-order valence-corrected chi connectivity index (χ1v) is 9.22. The van der Waals surface area contributed by atoms with Gasteiger partial charge in [0.05, 0.1) is 18.3 Å². The van der Waals surface area contributed by atoms with Gasteiger partial charge in [-0.25, -0.2) is 8.42 Å². The van der Waals surface area contributed by atoms with Crippen molar-refractivity contribution in [3.8, 4) is 0 Å². The van der Waals surface area contributed by atoms with Crippen molar-refractivity contribution in [2.45, 2.75) is 56.2 Å². The van der Waals surface area contributed by atoms with Gasteiger partial charge in [0.15, 0.2) is 0 Å². The molecule has 0 radical (unpaired) electrons. The summed E-state index contributed by atoms with van der Waals surface area (Å²) in [4.78, 5) is 11.8. The number of carbonyl (C=O) groups is 1. The standard InChI is InChI=1S/C14H25NO5S/c1-20-14(17)12-7-3-8-13(12)21(18,19)15(9-4-10-16)11-5-2-6-11/h11-13,16H,2-10H2,1H3. The summed E-state index contributed by atoms with van der Waals surface area (Å²) in [5.41, 5.74) is 0. The maximum absolute atomic E-state index is 12.9. The maximum Gasteiger partial charge on any atom is 0.310 e. The Morgan fingerprint density at radius 2 is 1.90 bits per heavy atom. The van der Waals surface area contributed by atoms with Gasteiger partial charge in [-0.05, 0) is 32.1 Å². The minimum Gasteiger partial charge on any atom is -0.469 e. The zero-order valence-corrected chi connectivity index (χ0v) is 13.3. The second-order valence-electron chi connectivity index (χ2n) is 5.92. The maximum atomic E-state index is 12.9. The summed E-state index contributed by atoms with van der Waals surface area (Å²) >= 11 is 0. The number of aliphatic hydroxyl groups excluding tert-OH is 1. The second kappa shape index (κ2) is 7.07. The zero-order valence-electron chi connectivity index (χ0n) is 12.5. The average Bonchev–Trinajstić information content (AvgIpc) is 2.90. The van der Waals surface area contributed by atoms with E-state index in [1.807, 2.05) is 0 Å². The van der Waals surface area contributed by atoms with E-state index in [-0.39, 0.29) is 12.6 Å². The first kappa shape index (κ1) is 16.7. The Kier molecular flexibility index (Phi) is 5.62. The molecule has 0 bridgehead atoms. The fourth-order valence-electron chi connectivity index (χ4n) is 3.30. The molecule has 0 amide bonds. The largest absolute Gasteiger partial charge is 0.469 e. The molecule has 2 aliphatic rings. The molecule has 2 fully saturated rings. The molecule has 2 unspecified atom stereocenters. The molecule has 2 rings (SSSR count). The first-order chi connectivity index (χ1) is 10.0. The van der Waals surface area contributed by atoms with Gasteiger partial charge in [-0.15, -0.1) is 0 Å². The Hall–Kier alpha value is -0.660. The lowest BCUT2D eigenvalue weighted by molar-refractivity contribution is -0.145. The van der Waals surface area contributed by atoms with Crippen LogP contribution in [0.5, 0.6) is 0 Å². The molecule has 0 spiro atoms. The molecule has 2 aliphatic carbocycles. The van der Waals surface area contributed by atoms with Crippen molar-refractivity contribution in [2.75, 3.05) is 20.3 Å². The molecular formula is C14H25NO5S. The van der Waals surface area contributed by atoms with Crippen LogP contribution in [-0.4, -0.2) is 55.4 Å². The molecule has 6 nitrogen and oxygen atoms in total. The normalized spacial score (nSPS) is 26.8. The topological polar surface area (TPSA) is 83.9 Å². The van der Waals surface area contributed by atoms with E-state index in [9.17, 15) is 13.2 Å². The van der Waals surface area contributed by atoms with Crippen LogP contribution in [0.4, 0.5) is 0 Å². The number of hydrogen-bond donors (Lipinski definition) is 1. The summed E-state index contributed by atoms with van der Waals surface area (Å²) in [5.74, 6) is -0.964. The third-order valence-corrected chi connectivity index (χ3v) is 7.15. The quantitative estimate of drug-likeness (QED) is 0.705. The van der Waals surface area contributed by atoms with Gasteiger partial charge in [-0.1, -0.05) is 12.8 Å². The van der Waals surface area contributed by atoms with Crippen LogP contribution in [0.3, 0.4) is 0 Å². The van der Waals surface area contributed by atoms with Crippen molar-refractivity contribution in [2.24, 2.45) is 5.92 Å². The zero-order chi connectivity index (χ0) is 15.5. The fraction of sp³-hybridized carbons (Fsp3) is 0.929. The summed E-state index contributed by atoms with van der Waals surface area (Å²) in [6.07, 6.45) is 5.06. The predicted octanol–water partition coefficient (Wildman–Crippen LogP) is 0.895. The van der Waals surface area contributed by atoms with Gasteiger partial charge >= 0.3 is 5.97 Å². The van der Waals surface area contributed by atoms with Crippen LogP contribution in [-0.2, 0) is 19.6 Å². The van der Waals surface area contributed by atoms with E-state index < -0.39 is 27.2 Å². The Balaban J connectivity index is 2.18. The van der Waals surface area contributed by atoms with Crippen molar-refractivity contribution in [1.82, 2.24) is 4.31 Å². The number of sulfonamides is 1. The van der Waals surface area contributed by atoms with Crippen LogP contribution in [0.1, 0.15) is 44.9 Å². The number of nitrogens with zero attached hydrogens (tertiary/aromatic N) is 1. The molecular weight excluding hydrogens is 294 g/mol. The van der Waals surface area contributed by atoms with Crippen LogP contribution < -0.4 is 0 Å². The van der Waals surface area contributed by atoms with Crippen LogP contribution in [0.15, 0.2) is 0 Å². The smallest absolute Gasteiger partial charge is 0.310 e. The lowest BCUT2D eigenvalue weighted by Gasteiger charge is -2.38. The highest BCUT2D eigenvalue weighted by Gasteiger charge is 2.46. The molecule has 21 heavy (non-hydrogen) atoms. The van der Waals surface area contributed by atoms with E-state index in [1.165, 1.54) is 7.11 Å². The molecule has 0 heterocycles. The van der Waals surface area contributed by atoms with Crippen molar-refractivity contribution in [1.29, 1.82) is 0 Å². The molecule has 0 aromatic heterocycles. The van der Waals surface area contributed by atoms with Gasteiger partial charge in [0.2, 0.25) is 10.0 Å². The highest BCUT2D eigenvalue weighted by molar-refractivity contribution is 7.89. The van der Waals surface area contributed by atoms with Crippen LogP contribution >= 0.6 is 0 Å². The number of aliphatic hydroxyl groups is 1. The minimum absolute atomic E-state index is 0.0240. The second-order valence-corrected chi connectivity index (χ2v) is 8.02. The summed E-state index contributed by atoms with van der Waals surface area (Å²) in [7, 11) is -2.21. The fourth-order valence-corrected chi connectivity index (χ4v) is 5.78. The van der Waals surface area contributed by atoms with E-state index >= 15 is 0 Å². The number of carbonyl (C=O) groups excluding carboxylic acids is 1. The van der Waals surface area contributed by atoms with E-state index in [1.54, 1.807) is 4.31 Å². The molecule has 122 valence electrons. The van der Waals surface area contributed by atoms with Crippen LogP contribution in [0, 0.1) is 5.92 Å². The van der Waals surface area contributed by atoms with Gasteiger partial charge in [0.1, 0.15) is 0 Å². The van der Waals surface area contributed by atoms with Gasteiger partial charge < -0.3 is 9.84 Å². The average molecular weight is 319 g/mol. The Morgan fingerprint density at radius 3 is 2.43 bits per heavy atom. The molecule has 0 aliphatic heterocycles. The van der Waals surface area contributed by atoms with Crippen molar-refractivity contribution in [3.63, 3.8) is 0 Å². The van der Waals surface area contributed by atoms with Crippen molar-refractivity contribution in [3.05, 3.63) is 0 Å². The SMILES string of the molecule is COC(=O)C1CCCC1S(=O)(=O)N(CCCO)C1CCC1. The Labute approximate surface area is 126 Å². The summed E-state index contributed by atoms with van der Waals surface area (Å²) < 4.78 is 32.2. The molecule has 0 saturated heterocycles. The molecule has 2 atom stereocenters. The number of methoxy groups -OCH3 is 1. The van der Waals surface area contributed by atoms with E-state index in [4.69, 9.17) is 9.84 Å². The van der Waals surface area contributed by atoms with Crippen molar-refractivity contribution < 1.29 is 23.1 Å². The number of esters is 1. The van der Waals surface area contributed by atoms with Gasteiger partial charge in [0, 0.05) is 19.2 Å². The predicted molar refractivity (Wildman–Crippen MR) is 78.1 cm³/mol. The summed E-state index contributed by atoms with van der Waals surface area (Å²) in [5, 5.41) is 8.34. The van der Waals surface area contributed by atoms with E-state index in [0.717, 1.165) is 25.7 Å². The molecule has 2 saturated carbocycles. The van der Waals surface area contributed by atoms with E-state index in [0.29, 0.717) is 25.8 Å². The molecule has 7 heteroatoms. The molecule has 0 aromatic rings. The molecule has 0 aromatic carbocycles. The number of rotatable bonds is 7. The first-order valence-electron chi connectivity index (χ1n) is 7.71. The third-order valence-electron chi connectivity index (χ3n) is 4.68. The number of hydrogen-bond acceptors (Lipinski definition) is 5.